The average Bonchev–Trinajstić information content (AvgIpc) is 2.53. The van der Waals surface area contributed by atoms with Crippen molar-refractivity contribution >= 4 is 0 Å². The van der Waals surface area contributed by atoms with Crippen LogP contribution >= 0.6 is 0 Å². The summed E-state index contributed by atoms with van der Waals surface area (Å²) in [7, 11) is 0. The maximum absolute atomic E-state index is 8.66. The van der Waals surface area contributed by atoms with Gasteiger partial charge in [-0.2, -0.15) is 5.26 Å². The number of rotatable bonds is 7. The number of hydrogen-bond acceptors (Lipinski definition) is 4. The first kappa shape index (κ1) is 16.8. The monoisotopic (exact) mass is 301 g/mol. The first-order chi connectivity index (χ1) is 10.7. The smallest absolute Gasteiger partial charge is 0.123 e. The van der Waals surface area contributed by atoms with Gasteiger partial charge in [-0.1, -0.05) is 32.0 Å². The summed E-state index contributed by atoms with van der Waals surface area (Å²) in [6.45, 7) is 11.2. The second-order valence-electron chi connectivity index (χ2n) is 6.34. The van der Waals surface area contributed by atoms with Crippen molar-refractivity contribution in [1.29, 1.82) is 5.26 Å². The topological polar surface area (TPSA) is 39.5 Å². The van der Waals surface area contributed by atoms with Gasteiger partial charge in [0.1, 0.15) is 5.75 Å². The standard InChI is InChI=1S/C18H27N3O/c1-16(2)15-22-18-7-4-3-6-17(18)14-21-12-10-20(11-13-21)9-5-8-19/h3-4,6-7,16H,5,9-15H2,1-2H3. The number of hydrogen-bond donors (Lipinski definition) is 0. The molecule has 1 aliphatic heterocycles. The molecule has 0 radical (unpaired) electrons. The lowest BCUT2D eigenvalue weighted by Crippen LogP contribution is -2.46. The van der Waals surface area contributed by atoms with Gasteiger partial charge in [-0.25, -0.2) is 0 Å². The molecule has 0 bridgehead atoms. The van der Waals surface area contributed by atoms with Gasteiger partial charge >= 0.3 is 0 Å². The molecule has 1 aromatic rings. The molecule has 0 N–H and O–H groups in total. The van der Waals surface area contributed by atoms with Gasteiger partial charge in [0.15, 0.2) is 0 Å². The SMILES string of the molecule is CC(C)COc1ccccc1CN1CCN(CCC#N)CC1. The summed E-state index contributed by atoms with van der Waals surface area (Å²) in [6, 6.07) is 10.6. The second kappa shape index (κ2) is 8.77. The average molecular weight is 301 g/mol. The molecular formula is C18H27N3O. The minimum Gasteiger partial charge on any atom is -0.493 e. The maximum atomic E-state index is 8.66. The molecule has 1 heterocycles. The number of nitrogens with zero attached hydrogens (tertiary/aromatic N) is 3. The van der Waals surface area contributed by atoms with Crippen LogP contribution in [-0.2, 0) is 6.54 Å². The first-order valence-electron chi connectivity index (χ1n) is 8.21. The largest absolute Gasteiger partial charge is 0.493 e. The van der Waals surface area contributed by atoms with Gasteiger partial charge < -0.3 is 4.74 Å². The van der Waals surface area contributed by atoms with Gasteiger partial charge in [-0.3, -0.25) is 9.80 Å². The van der Waals surface area contributed by atoms with Crippen molar-refractivity contribution in [2.75, 3.05) is 39.3 Å². The molecule has 2 rings (SSSR count). The van der Waals surface area contributed by atoms with Gasteiger partial charge in [0.05, 0.1) is 12.7 Å². The second-order valence-corrected chi connectivity index (χ2v) is 6.34. The van der Waals surface area contributed by atoms with Crippen LogP contribution in [0.3, 0.4) is 0 Å². The van der Waals surface area contributed by atoms with Crippen LogP contribution in [0.15, 0.2) is 24.3 Å². The lowest BCUT2D eigenvalue weighted by molar-refractivity contribution is 0.127. The Bertz CT molecular complexity index is 487. The molecule has 0 amide bonds. The van der Waals surface area contributed by atoms with Gasteiger partial charge in [-0.05, 0) is 12.0 Å². The molecule has 22 heavy (non-hydrogen) atoms. The van der Waals surface area contributed by atoms with E-state index in [0.29, 0.717) is 12.3 Å². The van der Waals surface area contributed by atoms with Crippen LogP contribution in [0, 0.1) is 17.2 Å². The van der Waals surface area contributed by atoms with E-state index in [1.54, 1.807) is 0 Å². The first-order valence-corrected chi connectivity index (χ1v) is 8.21. The van der Waals surface area contributed by atoms with E-state index in [9.17, 15) is 0 Å². The third-order valence-electron chi connectivity index (χ3n) is 3.94. The lowest BCUT2D eigenvalue weighted by atomic mass is 10.1. The quantitative estimate of drug-likeness (QED) is 0.776. The van der Waals surface area contributed by atoms with Gasteiger partial charge in [-0.15, -0.1) is 0 Å². The summed E-state index contributed by atoms with van der Waals surface area (Å²) in [5.74, 6) is 1.56. The number of piperazine rings is 1. The zero-order chi connectivity index (χ0) is 15.8. The molecule has 1 aliphatic rings. The van der Waals surface area contributed by atoms with Crippen LogP contribution in [0.5, 0.6) is 5.75 Å². The summed E-state index contributed by atoms with van der Waals surface area (Å²) < 4.78 is 5.94. The Balaban J connectivity index is 1.85. The molecule has 1 saturated heterocycles. The highest BCUT2D eigenvalue weighted by molar-refractivity contribution is 5.33. The molecule has 0 unspecified atom stereocenters. The van der Waals surface area contributed by atoms with Crippen molar-refractivity contribution < 1.29 is 4.74 Å². The minimum absolute atomic E-state index is 0.539. The van der Waals surface area contributed by atoms with E-state index in [-0.39, 0.29) is 0 Å². The van der Waals surface area contributed by atoms with E-state index < -0.39 is 0 Å². The number of benzene rings is 1. The fraction of sp³-hybridized carbons (Fsp3) is 0.611. The fourth-order valence-corrected chi connectivity index (χ4v) is 2.65. The Morgan fingerprint density at radius 3 is 2.50 bits per heavy atom. The molecule has 0 aliphatic carbocycles. The predicted molar refractivity (Wildman–Crippen MR) is 88.7 cm³/mol. The summed E-state index contributed by atoms with van der Waals surface area (Å²) in [5, 5.41) is 8.66. The van der Waals surface area contributed by atoms with Crippen molar-refractivity contribution in [3.8, 4) is 11.8 Å². The minimum atomic E-state index is 0.539. The molecule has 1 fully saturated rings. The molecule has 4 nitrogen and oxygen atoms in total. The third-order valence-corrected chi connectivity index (χ3v) is 3.94. The Labute approximate surface area is 134 Å². The number of para-hydroxylation sites is 1. The zero-order valence-electron chi connectivity index (χ0n) is 13.8. The Hall–Kier alpha value is -1.57. The highest BCUT2D eigenvalue weighted by Gasteiger charge is 2.17. The zero-order valence-corrected chi connectivity index (χ0v) is 13.8. The number of ether oxygens (including phenoxy) is 1. The van der Waals surface area contributed by atoms with E-state index in [1.807, 2.05) is 6.07 Å². The Morgan fingerprint density at radius 2 is 1.82 bits per heavy atom. The van der Waals surface area contributed by atoms with Gasteiger partial charge in [0.2, 0.25) is 0 Å². The highest BCUT2D eigenvalue weighted by Crippen LogP contribution is 2.21. The van der Waals surface area contributed by atoms with Gasteiger partial charge in [0.25, 0.3) is 0 Å². The normalized spacial score (nSPS) is 16.6. The Kier molecular flexibility index (Phi) is 6.70. The van der Waals surface area contributed by atoms with Gasteiger partial charge in [0, 0.05) is 51.3 Å². The third kappa shape index (κ3) is 5.32. The van der Waals surface area contributed by atoms with Crippen LogP contribution < -0.4 is 4.74 Å². The van der Waals surface area contributed by atoms with Crippen molar-refractivity contribution in [2.24, 2.45) is 5.92 Å². The Morgan fingerprint density at radius 1 is 1.14 bits per heavy atom. The van der Waals surface area contributed by atoms with Crippen molar-refractivity contribution in [1.82, 2.24) is 9.80 Å². The maximum Gasteiger partial charge on any atom is 0.123 e. The molecule has 4 heteroatoms. The molecule has 1 aromatic carbocycles. The summed E-state index contributed by atoms with van der Waals surface area (Å²) in [6.07, 6.45) is 0.631. The molecular weight excluding hydrogens is 274 g/mol. The highest BCUT2D eigenvalue weighted by atomic mass is 16.5. The van der Waals surface area contributed by atoms with Crippen LogP contribution in [0.1, 0.15) is 25.8 Å². The summed E-state index contributed by atoms with van der Waals surface area (Å²) in [4.78, 5) is 4.85. The number of nitriles is 1. The van der Waals surface area contributed by atoms with E-state index in [1.165, 1.54) is 5.56 Å². The predicted octanol–water partition coefficient (Wildman–Crippen LogP) is 2.75. The van der Waals surface area contributed by atoms with Crippen LogP contribution in [-0.4, -0.2) is 49.1 Å². The van der Waals surface area contributed by atoms with E-state index in [2.05, 4.69) is 47.9 Å². The molecule has 120 valence electrons. The van der Waals surface area contributed by atoms with Crippen LogP contribution in [0.25, 0.3) is 0 Å². The van der Waals surface area contributed by atoms with Crippen molar-refractivity contribution in [3.63, 3.8) is 0 Å². The van der Waals surface area contributed by atoms with Crippen LogP contribution in [0.2, 0.25) is 0 Å². The van der Waals surface area contributed by atoms with E-state index in [0.717, 1.165) is 51.6 Å². The van der Waals surface area contributed by atoms with Crippen molar-refractivity contribution in [2.45, 2.75) is 26.8 Å². The van der Waals surface area contributed by atoms with Crippen molar-refractivity contribution in [3.05, 3.63) is 29.8 Å². The summed E-state index contributed by atoms with van der Waals surface area (Å²) >= 11 is 0. The lowest BCUT2D eigenvalue weighted by Gasteiger charge is -2.34. The van der Waals surface area contributed by atoms with E-state index in [4.69, 9.17) is 10.00 Å². The summed E-state index contributed by atoms with van der Waals surface area (Å²) in [5.41, 5.74) is 1.27. The fourth-order valence-electron chi connectivity index (χ4n) is 2.65. The molecule has 0 aromatic heterocycles. The molecule has 0 atom stereocenters. The van der Waals surface area contributed by atoms with Crippen LogP contribution in [0.4, 0.5) is 0 Å². The molecule has 0 saturated carbocycles. The van der Waals surface area contributed by atoms with E-state index >= 15 is 0 Å². The molecule has 0 spiro atoms.